The highest BCUT2D eigenvalue weighted by Gasteiger charge is 2.35. The number of aryl methyl sites for hydroxylation is 2. The Morgan fingerprint density at radius 3 is 2.26 bits per heavy atom. The summed E-state index contributed by atoms with van der Waals surface area (Å²) in [4.78, 5) is 29.4. The van der Waals surface area contributed by atoms with E-state index < -0.39 is 28.5 Å². The summed E-state index contributed by atoms with van der Waals surface area (Å²) in [5, 5.41) is 3.30. The van der Waals surface area contributed by atoms with Gasteiger partial charge in [-0.2, -0.15) is 0 Å². The highest BCUT2D eigenvalue weighted by molar-refractivity contribution is 7.92. The number of hydrogen-bond acceptors (Lipinski definition) is 4. The Bertz CT molecular complexity index is 1520. The van der Waals surface area contributed by atoms with E-state index in [1.807, 2.05) is 45.0 Å². The van der Waals surface area contributed by atoms with Crippen LogP contribution in [0.15, 0.2) is 71.6 Å². The summed E-state index contributed by atoms with van der Waals surface area (Å²) in [5.74, 6) is -0.765. The van der Waals surface area contributed by atoms with Crippen molar-refractivity contribution in [3.05, 3.63) is 93.5 Å². The number of carbonyl (C=O) groups is 2. The van der Waals surface area contributed by atoms with Crippen molar-refractivity contribution >= 4 is 50.7 Å². The number of benzene rings is 3. The van der Waals surface area contributed by atoms with Gasteiger partial charge in [0.25, 0.3) is 10.0 Å². The highest BCUT2D eigenvalue weighted by atomic mass is 35.5. The zero-order valence-electron chi connectivity index (χ0n) is 24.1. The van der Waals surface area contributed by atoms with Gasteiger partial charge in [-0.25, -0.2) is 8.42 Å². The van der Waals surface area contributed by atoms with Crippen molar-refractivity contribution in [3.8, 4) is 0 Å². The molecule has 0 saturated heterocycles. The minimum absolute atomic E-state index is 0.00779. The molecule has 4 rings (SSSR count). The van der Waals surface area contributed by atoms with E-state index in [1.165, 1.54) is 23.1 Å². The SMILES string of the molecule is CC[C@H](C(=O)NC1CCCC1)N(Cc1ccccc1C)C(=O)CN(c1cccc(Cl)c1Cl)S(=O)(=O)c1ccc(C)cc1. The van der Waals surface area contributed by atoms with Crippen LogP contribution in [-0.2, 0) is 26.2 Å². The van der Waals surface area contributed by atoms with Crippen LogP contribution in [0.1, 0.15) is 55.7 Å². The second-order valence-electron chi connectivity index (χ2n) is 10.8. The first kappa shape index (κ1) is 31.9. The Hall–Kier alpha value is -3.07. The van der Waals surface area contributed by atoms with Crippen molar-refractivity contribution in [2.24, 2.45) is 0 Å². The minimum atomic E-state index is -4.25. The van der Waals surface area contributed by atoms with E-state index in [2.05, 4.69) is 5.32 Å². The second kappa shape index (κ2) is 13.9. The molecule has 0 spiro atoms. The number of nitrogens with one attached hydrogen (secondary N) is 1. The highest BCUT2D eigenvalue weighted by Crippen LogP contribution is 2.35. The molecule has 1 aliphatic carbocycles. The van der Waals surface area contributed by atoms with Gasteiger partial charge in [-0.05, 0) is 68.5 Å². The molecule has 1 aliphatic rings. The van der Waals surface area contributed by atoms with Crippen LogP contribution in [0.25, 0.3) is 0 Å². The van der Waals surface area contributed by atoms with E-state index in [0.717, 1.165) is 46.7 Å². The molecule has 224 valence electrons. The number of hydrogen-bond donors (Lipinski definition) is 1. The van der Waals surface area contributed by atoms with Crippen molar-refractivity contribution < 1.29 is 18.0 Å². The third kappa shape index (κ3) is 7.28. The summed E-state index contributed by atoms with van der Waals surface area (Å²) in [6.07, 6.45) is 4.28. The fourth-order valence-electron chi connectivity index (χ4n) is 5.29. The average Bonchev–Trinajstić information content (AvgIpc) is 3.47. The Kier molecular flexibility index (Phi) is 10.6. The molecule has 3 aromatic rings. The zero-order valence-corrected chi connectivity index (χ0v) is 26.5. The van der Waals surface area contributed by atoms with E-state index in [0.29, 0.717) is 6.42 Å². The average molecular weight is 631 g/mol. The summed E-state index contributed by atoms with van der Waals surface area (Å²) < 4.78 is 29.1. The molecule has 2 amide bonds. The van der Waals surface area contributed by atoms with Gasteiger partial charge >= 0.3 is 0 Å². The van der Waals surface area contributed by atoms with Crippen molar-refractivity contribution in [2.75, 3.05) is 10.8 Å². The van der Waals surface area contributed by atoms with Gasteiger partial charge in [0.05, 0.1) is 20.6 Å². The van der Waals surface area contributed by atoms with Crippen LogP contribution in [0.3, 0.4) is 0 Å². The van der Waals surface area contributed by atoms with Gasteiger partial charge in [-0.15, -0.1) is 0 Å². The topological polar surface area (TPSA) is 86.8 Å². The summed E-state index contributed by atoms with van der Waals surface area (Å²) in [7, 11) is -4.25. The van der Waals surface area contributed by atoms with Crippen molar-refractivity contribution in [3.63, 3.8) is 0 Å². The molecule has 0 aliphatic heterocycles. The smallest absolute Gasteiger partial charge is 0.264 e. The van der Waals surface area contributed by atoms with Gasteiger partial charge in [-0.3, -0.25) is 13.9 Å². The van der Waals surface area contributed by atoms with Gasteiger partial charge in [0.2, 0.25) is 11.8 Å². The molecule has 42 heavy (non-hydrogen) atoms. The number of sulfonamides is 1. The Labute approximate surface area is 258 Å². The number of carbonyl (C=O) groups excluding carboxylic acids is 2. The minimum Gasteiger partial charge on any atom is -0.352 e. The summed E-state index contributed by atoms with van der Waals surface area (Å²) in [6, 6.07) is 17.9. The predicted octanol–water partition coefficient (Wildman–Crippen LogP) is 6.67. The van der Waals surface area contributed by atoms with E-state index in [4.69, 9.17) is 23.2 Å². The van der Waals surface area contributed by atoms with Crippen LogP contribution in [-0.4, -0.2) is 43.8 Å². The van der Waals surface area contributed by atoms with Crippen molar-refractivity contribution in [1.29, 1.82) is 0 Å². The quantitative estimate of drug-likeness (QED) is 0.256. The van der Waals surface area contributed by atoms with Crippen molar-refractivity contribution in [2.45, 2.75) is 76.4 Å². The maximum atomic E-state index is 14.3. The maximum Gasteiger partial charge on any atom is 0.264 e. The largest absolute Gasteiger partial charge is 0.352 e. The van der Waals surface area contributed by atoms with Crippen molar-refractivity contribution in [1.82, 2.24) is 10.2 Å². The molecule has 3 aromatic carbocycles. The third-order valence-electron chi connectivity index (χ3n) is 7.78. The van der Waals surface area contributed by atoms with Gasteiger partial charge in [0, 0.05) is 12.6 Å². The molecule has 1 atom stereocenters. The van der Waals surface area contributed by atoms with Crippen LogP contribution < -0.4 is 9.62 Å². The lowest BCUT2D eigenvalue weighted by molar-refractivity contribution is -0.140. The molecule has 0 radical (unpaired) electrons. The van der Waals surface area contributed by atoms with Gasteiger partial charge in [0.15, 0.2) is 0 Å². The second-order valence-corrected chi connectivity index (χ2v) is 13.4. The number of amides is 2. The maximum absolute atomic E-state index is 14.3. The molecule has 0 bridgehead atoms. The molecule has 0 unspecified atom stereocenters. The van der Waals surface area contributed by atoms with Crippen LogP contribution in [0.5, 0.6) is 0 Å². The molecule has 10 heteroatoms. The van der Waals surface area contributed by atoms with Crippen LogP contribution >= 0.6 is 23.2 Å². The third-order valence-corrected chi connectivity index (χ3v) is 10.4. The van der Waals surface area contributed by atoms with Gasteiger partial charge in [0.1, 0.15) is 12.6 Å². The molecule has 1 N–H and O–H groups in total. The standard InChI is InChI=1S/C32H37Cl2N3O4S/c1-4-28(32(39)35-25-12-7-8-13-25)36(20-24-11-6-5-10-23(24)3)30(38)21-37(29-15-9-14-27(33)31(29)34)42(40,41)26-18-16-22(2)17-19-26/h5-6,9-11,14-19,25,28H,4,7-8,12-13,20-21H2,1-3H3,(H,35,39)/t28-/m1/s1. The first-order chi connectivity index (χ1) is 20.0. The zero-order chi connectivity index (χ0) is 30.4. The summed E-state index contributed by atoms with van der Waals surface area (Å²) in [6.45, 7) is 5.22. The summed E-state index contributed by atoms with van der Waals surface area (Å²) in [5.41, 5.74) is 2.80. The van der Waals surface area contributed by atoms with Crippen LogP contribution in [0.4, 0.5) is 5.69 Å². The molecule has 1 saturated carbocycles. The number of nitrogens with zero attached hydrogens (tertiary/aromatic N) is 2. The lowest BCUT2D eigenvalue weighted by Gasteiger charge is -2.34. The lowest BCUT2D eigenvalue weighted by atomic mass is 10.1. The van der Waals surface area contributed by atoms with Crippen LogP contribution in [0.2, 0.25) is 10.0 Å². The van der Waals surface area contributed by atoms with Gasteiger partial charge < -0.3 is 10.2 Å². The normalized spacial score (nSPS) is 14.4. The first-order valence-corrected chi connectivity index (χ1v) is 16.4. The number of rotatable bonds is 11. The molecular formula is C32H37Cl2N3O4S. The number of halogens is 2. The summed E-state index contributed by atoms with van der Waals surface area (Å²) >= 11 is 12.8. The molecule has 7 nitrogen and oxygen atoms in total. The molecule has 0 aromatic heterocycles. The fourth-order valence-corrected chi connectivity index (χ4v) is 7.17. The van der Waals surface area contributed by atoms with Gasteiger partial charge in [-0.1, -0.05) is 91.0 Å². The monoisotopic (exact) mass is 629 g/mol. The Morgan fingerprint density at radius 1 is 0.952 bits per heavy atom. The van der Waals surface area contributed by atoms with E-state index in [9.17, 15) is 18.0 Å². The molecule has 1 fully saturated rings. The van der Waals surface area contributed by atoms with E-state index in [-0.39, 0.29) is 39.1 Å². The molecule has 0 heterocycles. The lowest BCUT2D eigenvalue weighted by Crippen LogP contribution is -2.53. The number of anilines is 1. The van der Waals surface area contributed by atoms with E-state index in [1.54, 1.807) is 24.3 Å². The van der Waals surface area contributed by atoms with Crippen LogP contribution in [0, 0.1) is 13.8 Å². The molecular weight excluding hydrogens is 593 g/mol. The first-order valence-electron chi connectivity index (χ1n) is 14.2. The predicted molar refractivity (Wildman–Crippen MR) is 168 cm³/mol. The Morgan fingerprint density at radius 2 is 1.62 bits per heavy atom. The Balaban J connectivity index is 1.75. The fraction of sp³-hybridized carbons (Fsp3) is 0.375. The van der Waals surface area contributed by atoms with E-state index >= 15 is 0 Å².